The molecule has 3 rings (SSSR count). The molecule has 5 nitrogen and oxygen atoms in total. The molecule has 0 bridgehead atoms. The van der Waals surface area contributed by atoms with Crippen molar-refractivity contribution in [3.8, 4) is 17.5 Å². The number of methoxy groups -OCH3 is 1. The first-order valence-electron chi connectivity index (χ1n) is 7.01. The Morgan fingerprint density at radius 1 is 1.22 bits per heavy atom. The lowest BCUT2D eigenvalue weighted by atomic mass is 10.0. The average Bonchev–Trinajstić information content (AvgIpc) is 2.61. The molecule has 0 unspecified atom stereocenters. The topological polar surface area (TPSA) is 75.2 Å². The van der Waals surface area contributed by atoms with Gasteiger partial charge in [0.15, 0.2) is 0 Å². The van der Waals surface area contributed by atoms with E-state index >= 15 is 0 Å². The average molecular weight is 306 g/mol. The van der Waals surface area contributed by atoms with Gasteiger partial charge in [0.05, 0.1) is 30.7 Å². The van der Waals surface area contributed by atoms with Crippen molar-refractivity contribution < 1.29 is 9.84 Å². The number of rotatable bonds is 3. The molecule has 0 saturated carbocycles. The van der Waals surface area contributed by atoms with Crippen LogP contribution in [0.2, 0.25) is 0 Å². The fourth-order valence-electron chi connectivity index (χ4n) is 2.57. The van der Waals surface area contributed by atoms with Gasteiger partial charge in [-0.15, -0.1) is 0 Å². The van der Waals surface area contributed by atoms with Crippen molar-refractivity contribution in [2.45, 2.75) is 6.61 Å². The number of pyridine rings is 1. The molecule has 5 heteroatoms. The molecule has 114 valence electrons. The van der Waals surface area contributed by atoms with Gasteiger partial charge in [-0.3, -0.25) is 9.36 Å². The van der Waals surface area contributed by atoms with Crippen LogP contribution in [-0.4, -0.2) is 16.8 Å². The highest BCUT2D eigenvalue weighted by atomic mass is 16.5. The minimum Gasteiger partial charge on any atom is -0.497 e. The number of aliphatic hydroxyl groups is 1. The van der Waals surface area contributed by atoms with E-state index in [0.29, 0.717) is 27.8 Å². The monoisotopic (exact) mass is 306 g/mol. The number of nitrogens with zero attached hydrogens (tertiary/aromatic N) is 2. The Morgan fingerprint density at radius 3 is 2.57 bits per heavy atom. The Bertz CT molecular complexity index is 966. The second-order valence-corrected chi connectivity index (χ2v) is 5.07. The number of fused-ring (bicyclic) bond motifs is 1. The lowest BCUT2D eigenvalue weighted by Crippen LogP contribution is -2.18. The van der Waals surface area contributed by atoms with Crippen molar-refractivity contribution in [1.82, 2.24) is 4.57 Å². The number of ether oxygens (including phenoxy) is 1. The van der Waals surface area contributed by atoms with Crippen LogP contribution in [0.3, 0.4) is 0 Å². The van der Waals surface area contributed by atoms with Gasteiger partial charge in [0.1, 0.15) is 5.75 Å². The normalized spacial score (nSPS) is 10.5. The van der Waals surface area contributed by atoms with Gasteiger partial charge < -0.3 is 9.84 Å². The van der Waals surface area contributed by atoms with Gasteiger partial charge in [-0.1, -0.05) is 0 Å². The molecular formula is C18H14N2O3. The zero-order valence-electron chi connectivity index (χ0n) is 12.5. The van der Waals surface area contributed by atoms with Crippen molar-refractivity contribution in [2.75, 3.05) is 7.11 Å². The molecular weight excluding hydrogens is 292 g/mol. The number of hydrogen-bond acceptors (Lipinski definition) is 4. The van der Waals surface area contributed by atoms with E-state index in [1.165, 1.54) is 4.57 Å². The lowest BCUT2D eigenvalue weighted by Gasteiger charge is -2.10. The van der Waals surface area contributed by atoms with E-state index in [2.05, 4.69) is 0 Å². The minimum atomic E-state index is -0.270. The fraction of sp³-hybridized carbons (Fsp3) is 0.111. The third-order valence-corrected chi connectivity index (χ3v) is 3.72. The highest BCUT2D eigenvalue weighted by Gasteiger charge is 2.11. The van der Waals surface area contributed by atoms with Gasteiger partial charge in [-0.05, 0) is 53.4 Å². The van der Waals surface area contributed by atoms with Crippen molar-refractivity contribution in [3.63, 3.8) is 0 Å². The van der Waals surface area contributed by atoms with Crippen molar-refractivity contribution in [1.29, 1.82) is 5.26 Å². The maximum absolute atomic E-state index is 12.8. The van der Waals surface area contributed by atoms with Crippen molar-refractivity contribution in [2.24, 2.45) is 0 Å². The molecule has 2 aromatic carbocycles. The molecule has 23 heavy (non-hydrogen) atoms. The third-order valence-electron chi connectivity index (χ3n) is 3.72. The standard InChI is InChI=1S/C18H14N2O3/c1-23-16-4-2-15(3-5-16)20-7-6-13-8-12(11-21)9-14(10-19)17(13)18(20)22/h2-9,21H,11H2,1H3. The highest BCUT2D eigenvalue weighted by Crippen LogP contribution is 2.20. The number of aromatic nitrogens is 1. The summed E-state index contributed by atoms with van der Waals surface area (Å²) < 4.78 is 6.60. The van der Waals surface area contributed by atoms with Crippen LogP contribution in [0.5, 0.6) is 5.75 Å². The Kier molecular flexibility index (Phi) is 3.83. The maximum atomic E-state index is 12.8. The van der Waals surface area contributed by atoms with E-state index in [1.807, 2.05) is 6.07 Å². The second kappa shape index (κ2) is 5.95. The summed E-state index contributed by atoms with van der Waals surface area (Å²) in [6.45, 7) is -0.174. The molecule has 0 aliphatic rings. The number of aliphatic hydroxyl groups excluding tert-OH is 1. The van der Waals surface area contributed by atoms with E-state index in [4.69, 9.17) is 4.74 Å². The van der Waals surface area contributed by atoms with Gasteiger partial charge in [-0.2, -0.15) is 5.26 Å². The van der Waals surface area contributed by atoms with Gasteiger partial charge in [0.25, 0.3) is 5.56 Å². The first kappa shape index (κ1) is 14.8. The summed E-state index contributed by atoms with van der Waals surface area (Å²) in [6.07, 6.45) is 1.66. The van der Waals surface area contributed by atoms with Crippen molar-refractivity contribution >= 4 is 10.8 Å². The predicted molar refractivity (Wildman–Crippen MR) is 86.7 cm³/mol. The Balaban J connectivity index is 2.26. The number of nitriles is 1. The van der Waals surface area contributed by atoms with E-state index in [-0.39, 0.29) is 17.7 Å². The first-order valence-corrected chi connectivity index (χ1v) is 7.01. The fourth-order valence-corrected chi connectivity index (χ4v) is 2.57. The van der Waals surface area contributed by atoms with E-state index in [1.54, 1.807) is 55.8 Å². The van der Waals surface area contributed by atoms with Crippen LogP contribution in [0.25, 0.3) is 16.5 Å². The molecule has 0 saturated heterocycles. The molecule has 0 amide bonds. The number of hydrogen-bond donors (Lipinski definition) is 1. The molecule has 1 heterocycles. The number of benzene rings is 2. The largest absolute Gasteiger partial charge is 0.497 e. The van der Waals surface area contributed by atoms with E-state index < -0.39 is 0 Å². The summed E-state index contributed by atoms with van der Waals surface area (Å²) in [5.74, 6) is 0.702. The quantitative estimate of drug-likeness (QED) is 0.806. The zero-order valence-corrected chi connectivity index (χ0v) is 12.5. The zero-order chi connectivity index (χ0) is 16.4. The van der Waals surface area contributed by atoms with Crippen LogP contribution >= 0.6 is 0 Å². The predicted octanol–water partition coefficient (Wildman–Crippen LogP) is 2.36. The van der Waals surface area contributed by atoms with Crippen LogP contribution in [0.1, 0.15) is 11.1 Å². The lowest BCUT2D eigenvalue weighted by molar-refractivity contribution is 0.282. The molecule has 1 aromatic heterocycles. The van der Waals surface area contributed by atoms with Gasteiger partial charge in [-0.25, -0.2) is 0 Å². The van der Waals surface area contributed by atoms with E-state index in [0.717, 1.165) is 0 Å². The van der Waals surface area contributed by atoms with Crippen LogP contribution in [-0.2, 0) is 6.61 Å². The molecule has 0 fully saturated rings. The van der Waals surface area contributed by atoms with Crippen LogP contribution in [0.15, 0.2) is 53.5 Å². The molecule has 0 atom stereocenters. The Labute approximate surface area is 132 Å². The van der Waals surface area contributed by atoms with Crippen LogP contribution in [0, 0.1) is 11.3 Å². The van der Waals surface area contributed by atoms with Gasteiger partial charge in [0, 0.05) is 11.9 Å². The van der Waals surface area contributed by atoms with Crippen LogP contribution in [0.4, 0.5) is 0 Å². The van der Waals surface area contributed by atoms with Crippen molar-refractivity contribution in [3.05, 3.63) is 70.1 Å². The molecule has 0 spiro atoms. The highest BCUT2D eigenvalue weighted by molar-refractivity contribution is 5.88. The van der Waals surface area contributed by atoms with E-state index in [9.17, 15) is 15.2 Å². The Morgan fingerprint density at radius 2 is 1.96 bits per heavy atom. The van der Waals surface area contributed by atoms with Crippen LogP contribution < -0.4 is 10.3 Å². The summed E-state index contributed by atoms with van der Waals surface area (Å²) in [4.78, 5) is 12.8. The summed E-state index contributed by atoms with van der Waals surface area (Å²) in [7, 11) is 1.58. The summed E-state index contributed by atoms with van der Waals surface area (Å²) in [5.41, 5.74) is 1.29. The molecule has 0 aliphatic heterocycles. The SMILES string of the molecule is COc1ccc(-n2ccc3cc(CO)cc(C#N)c3c2=O)cc1. The molecule has 3 aromatic rings. The summed E-state index contributed by atoms with van der Waals surface area (Å²) in [5, 5.41) is 19.6. The molecule has 1 N–H and O–H groups in total. The third kappa shape index (κ3) is 2.56. The van der Waals surface area contributed by atoms with Gasteiger partial charge in [0.2, 0.25) is 0 Å². The maximum Gasteiger partial charge on any atom is 0.264 e. The summed E-state index contributed by atoms with van der Waals surface area (Å²) in [6, 6.07) is 14.2. The Hall–Kier alpha value is -3.10. The van der Waals surface area contributed by atoms with Gasteiger partial charge >= 0.3 is 0 Å². The summed E-state index contributed by atoms with van der Waals surface area (Å²) >= 11 is 0. The molecule has 0 aliphatic carbocycles. The minimum absolute atomic E-state index is 0.174. The molecule has 0 radical (unpaired) electrons. The first-order chi connectivity index (χ1) is 11.2. The smallest absolute Gasteiger partial charge is 0.264 e. The second-order valence-electron chi connectivity index (χ2n) is 5.07.